The Morgan fingerprint density at radius 1 is 1.59 bits per heavy atom. The maximum Gasteiger partial charge on any atom is 0.320 e. The highest BCUT2D eigenvalue weighted by Crippen LogP contribution is 2.21. The molecule has 0 bridgehead atoms. The first kappa shape index (κ1) is 14.2. The highest BCUT2D eigenvalue weighted by molar-refractivity contribution is 14.1. The Morgan fingerprint density at radius 3 is 2.88 bits per heavy atom. The molecule has 0 saturated heterocycles. The number of aliphatic carboxylic acids is 1. The summed E-state index contributed by atoms with van der Waals surface area (Å²) in [5.74, 6) is -0.222. The maximum atomic E-state index is 10.7. The quantitative estimate of drug-likeness (QED) is 0.771. The highest BCUT2D eigenvalue weighted by atomic mass is 127. The van der Waals surface area contributed by atoms with Gasteiger partial charge < -0.3 is 15.6 Å². The second kappa shape index (κ2) is 6.80. The molecule has 0 amide bonds. The number of halogens is 1. The largest absolute Gasteiger partial charge is 0.494 e. The lowest BCUT2D eigenvalue weighted by atomic mass is 10.1. The van der Waals surface area contributed by atoms with Crippen molar-refractivity contribution in [1.29, 1.82) is 0 Å². The van der Waals surface area contributed by atoms with Crippen molar-refractivity contribution in [2.75, 3.05) is 6.61 Å². The van der Waals surface area contributed by atoms with Crippen LogP contribution in [0.1, 0.15) is 18.9 Å². The zero-order valence-corrected chi connectivity index (χ0v) is 11.8. The minimum absolute atomic E-state index is 0.316. The van der Waals surface area contributed by atoms with Crippen molar-refractivity contribution in [1.82, 2.24) is 0 Å². The summed E-state index contributed by atoms with van der Waals surface area (Å²) < 4.78 is 6.50. The number of carbonyl (C=O) groups is 1. The van der Waals surface area contributed by atoms with E-state index in [1.54, 1.807) is 0 Å². The molecule has 0 radical (unpaired) electrons. The molecule has 1 atom stereocenters. The monoisotopic (exact) mass is 349 g/mol. The molecule has 0 heterocycles. The SMILES string of the molecule is CCCOc1ccc(I)c(CC(N)C(=O)O)c1. The third-order valence-electron chi connectivity index (χ3n) is 2.25. The number of rotatable bonds is 6. The van der Waals surface area contributed by atoms with E-state index in [0.29, 0.717) is 13.0 Å². The molecular formula is C12H16INO3. The van der Waals surface area contributed by atoms with Crippen LogP contribution in [0.15, 0.2) is 18.2 Å². The van der Waals surface area contributed by atoms with Crippen LogP contribution in [0.2, 0.25) is 0 Å². The second-order valence-corrected chi connectivity index (χ2v) is 4.91. The fourth-order valence-electron chi connectivity index (χ4n) is 1.34. The van der Waals surface area contributed by atoms with E-state index in [2.05, 4.69) is 22.6 Å². The van der Waals surface area contributed by atoms with E-state index in [1.165, 1.54) is 0 Å². The smallest absolute Gasteiger partial charge is 0.320 e. The molecule has 5 heteroatoms. The zero-order valence-electron chi connectivity index (χ0n) is 9.65. The fourth-order valence-corrected chi connectivity index (χ4v) is 1.90. The Kier molecular flexibility index (Phi) is 5.70. The molecule has 0 saturated carbocycles. The van der Waals surface area contributed by atoms with Crippen molar-refractivity contribution in [3.63, 3.8) is 0 Å². The minimum Gasteiger partial charge on any atom is -0.494 e. The van der Waals surface area contributed by atoms with Gasteiger partial charge in [0, 0.05) is 3.57 Å². The van der Waals surface area contributed by atoms with E-state index in [-0.39, 0.29) is 0 Å². The van der Waals surface area contributed by atoms with Crippen LogP contribution in [-0.4, -0.2) is 23.7 Å². The lowest BCUT2D eigenvalue weighted by Crippen LogP contribution is -2.32. The average molecular weight is 349 g/mol. The summed E-state index contributed by atoms with van der Waals surface area (Å²) in [6, 6.07) is 4.79. The topological polar surface area (TPSA) is 72.5 Å². The predicted octanol–water partition coefficient (Wildman–Crippen LogP) is 2.03. The van der Waals surface area contributed by atoms with Crippen molar-refractivity contribution in [3.05, 3.63) is 27.3 Å². The Hall–Kier alpha value is -0.820. The normalized spacial score (nSPS) is 12.2. The minimum atomic E-state index is -0.985. The van der Waals surface area contributed by atoms with Gasteiger partial charge in [0.2, 0.25) is 0 Å². The number of benzene rings is 1. The van der Waals surface area contributed by atoms with Gasteiger partial charge in [0.15, 0.2) is 0 Å². The van der Waals surface area contributed by atoms with Gasteiger partial charge in [-0.05, 0) is 59.2 Å². The van der Waals surface area contributed by atoms with Crippen LogP contribution in [0.4, 0.5) is 0 Å². The molecule has 3 N–H and O–H groups in total. The first-order valence-electron chi connectivity index (χ1n) is 5.44. The van der Waals surface area contributed by atoms with Crippen LogP contribution in [0.25, 0.3) is 0 Å². The third kappa shape index (κ3) is 4.51. The fraction of sp³-hybridized carbons (Fsp3) is 0.417. The van der Waals surface area contributed by atoms with Gasteiger partial charge in [-0.1, -0.05) is 6.92 Å². The number of carboxylic acid groups (broad SMARTS) is 1. The summed E-state index contributed by atoms with van der Waals surface area (Å²) in [5.41, 5.74) is 6.44. The zero-order chi connectivity index (χ0) is 12.8. The molecule has 0 aliphatic heterocycles. The molecule has 1 aromatic carbocycles. The van der Waals surface area contributed by atoms with Crippen LogP contribution in [0, 0.1) is 3.57 Å². The van der Waals surface area contributed by atoms with Crippen molar-refractivity contribution in [2.24, 2.45) is 5.73 Å². The molecule has 0 aliphatic carbocycles. The molecule has 4 nitrogen and oxygen atoms in total. The van der Waals surface area contributed by atoms with Gasteiger partial charge in [0.25, 0.3) is 0 Å². The Morgan fingerprint density at radius 2 is 2.29 bits per heavy atom. The Labute approximate surface area is 114 Å². The standard InChI is InChI=1S/C12H16INO3/c1-2-5-17-9-3-4-10(13)8(6-9)7-11(14)12(15)16/h3-4,6,11H,2,5,7,14H2,1H3,(H,15,16). The van der Waals surface area contributed by atoms with Crippen LogP contribution in [0.5, 0.6) is 5.75 Å². The van der Waals surface area contributed by atoms with Gasteiger partial charge in [-0.25, -0.2) is 0 Å². The van der Waals surface area contributed by atoms with Crippen molar-refractivity contribution in [3.8, 4) is 5.75 Å². The maximum absolute atomic E-state index is 10.7. The molecule has 1 unspecified atom stereocenters. The molecular weight excluding hydrogens is 333 g/mol. The lowest BCUT2D eigenvalue weighted by molar-refractivity contribution is -0.138. The number of ether oxygens (including phenoxy) is 1. The van der Waals surface area contributed by atoms with Gasteiger partial charge >= 0.3 is 5.97 Å². The van der Waals surface area contributed by atoms with Crippen LogP contribution >= 0.6 is 22.6 Å². The summed E-state index contributed by atoms with van der Waals surface area (Å²) in [5, 5.41) is 8.79. The van der Waals surface area contributed by atoms with E-state index in [0.717, 1.165) is 21.3 Å². The lowest BCUT2D eigenvalue weighted by Gasteiger charge is -2.11. The molecule has 0 aromatic heterocycles. The number of carboxylic acids is 1. The number of hydrogen-bond acceptors (Lipinski definition) is 3. The van der Waals surface area contributed by atoms with Crippen molar-refractivity contribution < 1.29 is 14.6 Å². The number of hydrogen-bond donors (Lipinski definition) is 2. The summed E-state index contributed by atoms with van der Waals surface area (Å²) in [6.45, 7) is 2.69. The third-order valence-corrected chi connectivity index (χ3v) is 3.30. The molecule has 94 valence electrons. The Balaban J connectivity index is 2.79. The first-order valence-corrected chi connectivity index (χ1v) is 6.52. The first-order chi connectivity index (χ1) is 8.04. The molecule has 0 fully saturated rings. The summed E-state index contributed by atoms with van der Waals surface area (Å²) >= 11 is 2.17. The molecule has 17 heavy (non-hydrogen) atoms. The van der Waals surface area contributed by atoms with Gasteiger partial charge in [-0.15, -0.1) is 0 Å². The molecule has 1 rings (SSSR count). The summed E-state index contributed by atoms with van der Waals surface area (Å²) in [7, 11) is 0. The van der Waals surface area contributed by atoms with Gasteiger partial charge in [-0.3, -0.25) is 4.79 Å². The van der Waals surface area contributed by atoms with Gasteiger partial charge in [0.05, 0.1) is 6.61 Å². The van der Waals surface area contributed by atoms with Crippen LogP contribution in [0.3, 0.4) is 0 Å². The van der Waals surface area contributed by atoms with E-state index < -0.39 is 12.0 Å². The van der Waals surface area contributed by atoms with Crippen molar-refractivity contribution >= 4 is 28.6 Å². The average Bonchev–Trinajstić information content (AvgIpc) is 2.29. The van der Waals surface area contributed by atoms with E-state index >= 15 is 0 Å². The second-order valence-electron chi connectivity index (χ2n) is 3.75. The van der Waals surface area contributed by atoms with Crippen LogP contribution in [-0.2, 0) is 11.2 Å². The molecule has 0 spiro atoms. The Bertz CT molecular complexity index is 395. The molecule has 0 aliphatic rings. The predicted molar refractivity (Wildman–Crippen MR) is 74.3 cm³/mol. The van der Waals surface area contributed by atoms with Gasteiger partial charge in [0.1, 0.15) is 11.8 Å². The van der Waals surface area contributed by atoms with Crippen molar-refractivity contribution in [2.45, 2.75) is 25.8 Å². The van der Waals surface area contributed by atoms with E-state index in [4.69, 9.17) is 15.6 Å². The number of nitrogens with two attached hydrogens (primary N) is 1. The summed E-state index contributed by atoms with van der Waals surface area (Å²) in [4.78, 5) is 10.7. The molecule has 1 aromatic rings. The summed E-state index contributed by atoms with van der Waals surface area (Å²) in [6.07, 6.45) is 1.26. The van der Waals surface area contributed by atoms with E-state index in [9.17, 15) is 4.79 Å². The highest BCUT2D eigenvalue weighted by Gasteiger charge is 2.14. The van der Waals surface area contributed by atoms with Crippen LogP contribution < -0.4 is 10.5 Å². The van der Waals surface area contributed by atoms with E-state index in [1.807, 2.05) is 25.1 Å². The van der Waals surface area contributed by atoms with Gasteiger partial charge in [-0.2, -0.15) is 0 Å².